The van der Waals surface area contributed by atoms with Crippen molar-refractivity contribution >= 4 is 11.9 Å². The van der Waals surface area contributed by atoms with E-state index in [0.717, 1.165) is 32.1 Å². The third-order valence-corrected chi connectivity index (χ3v) is 5.19. The highest BCUT2D eigenvalue weighted by Gasteiger charge is 2.25. The molecule has 0 spiro atoms. The first-order valence-corrected chi connectivity index (χ1v) is 9.68. The summed E-state index contributed by atoms with van der Waals surface area (Å²) in [5.41, 5.74) is 0. The zero-order valence-corrected chi connectivity index (χ0v) is 16.0. The van der Waals surface area contributed by atoms with E-state index in [4.69, 9.17) is 4.42 Å². The van der Waals surface area contributed by atoms with Crippen molar-refractivity contribution in [1.82, 2.24) is 20.0 Å². The molecule has 7 nitrogen and oxygen atoms in total. The van der Waals surface area contributed by atoms with E-state index in [9.17, 15) is 4.79 Å². The van der Waals surface area contributed by atoms with Crippen molar-refractivity contribution in [2.75, 3.05) is 59.4 Å². The third kappa shape index (κ3) is 4.78. The van der Waals surface area contributed by atoms with E-state index in [1.54, 1.807) is 18.4 Å². The van der Waals surface area contributed by atoms with E-state index in [0.29, 0.717) is 24.8 Å². The average Bonchev–Trinajstić information content (AvgIpc) is 3.36. The van der Waals surface area contributed by atoms with Crippen LogP contribution in [0.4, 0.5) is 0 Å². The molecule has 0 aromatic carbocycles. The molecule has 26 heavy (non-hydrogen) atoms. The van der Waals surface area contributed by atoms with Crippen molar-refractivity contribution in [2.45, 2.75) is 19.8 Å². The van der Waals surface area contributed by atoms with E-state index >= 15 is 0 Å². The molecule has 0 aliphatic carbocycles. The second-order valence-electron chi connectivity index (χ2n) is 7.30. The van der Waals surface area contributed by atoms with Crippen molar-refractivity contribution in [3.8, 4) is 0 Å². The first-order valence-electron chi connectivity index (χ1n) is 9.68. The molecule has 3 rings (SSSR count). The Labute approximate surface area is 156 Å². The predicted octanol–water partition coefficient (Wildman–Crippen LogP) is 1.34. The SMILES string of the molecule is CN=C(NCC(C)CN1CCCC1)N1CCN(C(=O)c2ccco2)CC1. The Morgan fingerprint density at radius 2 is 1.88 bits per heavy atom. The Kier molecular flexibility index (Phi) is 6.55. The molecule has 0 radical (unpaired) electrons. The summed E-state index contributed by atoms with van der Waals surface area (Å²) in [5, 5.41) is 3.51. The van der Waals surface area contributed by atoms with E-state index < -0.39 is 0 Å². The van der Waals surface area contributed by atoms with Gasteiger partial charge in [-0.15, -0.1) is 0 Å². The van der Waals surface area contributed by atoms with Crippen molar-refractivity contribution in [2.24, 2.45) is 10.9 Å². The van der Waals surface area contributed by atoms with Gasteiger partial charge in [-0.3, -0.25) is 9.79 Å². The van der Waals surface area contributed by atoms with Crippen LogP contribution in [0.25, 0.3) is 0 Å². The minimum atomic E-state index is -0.0307. The van der Waals surface area contributed by atoms with Crippen molar-refractivity contribution in [3.63, 3.8) is 0 Å². The van der Waals surface area contributed by atoms with Crippen molar-refractivity contribution in [1.29, 1.82) is 0 Å². The van der Waals surface area contributed by atoms with Crippen LogP contribution in [-0.2, 0) is 0 Å². The standard InChI is InChI=1S/C19H31N5O2/c1-16(15-22-7-3-4-8-22)14-21-19(20-2)24-11-9-23(10-12-24)18(25)17-6-5-13-26-17/h5-6,13,16H,3-4,7-12,14-15H2,1-2H3,(H,20,21). The molecule has 2 fully saturated rings. The van der Waals surface area contributed by atoms with Crippen LogP contribution in [0, 0.1) is 5.92 Å². The predicted molar refractivity (Wildman–Crippen MR) is 102 cm³/mol. The van der Waals surface area contributed by atoms with Crippen LogP contribution < -0.4 is 5.32 Å². The number of guanidine groups is 1. The lowest BCUT2D eigenvalue weighted by molar-refractivity contribution is 0.0657. The highest BCUT2D eigenvalue weighted by molar-refractivity contribution is 5.91. The van der Waals surface area contributed by atoms with E-state index in [-0.39, 0.29) is 5.91 Å². The summed E-state index contributed by atoms with van der Waals surface area (Å²) in [6.45, 7) is 9.78. The third-order valence-electron chi connectivity index (χ3n) is 5.19. The molecule has 3 heterocycles. The van der Waals surface area contributed by atoms with Gasteiger partial charge in [0, 0.05) is 46.3 Å². The first-order chi connectivity index (χ1) is 12.7. The second-order valence-corrected chi connectivity index (χ2v) is 7.30. The van der Waals surface area contributed by atoms with Gasteiger partial charge in [-0.05, 0) is 44.0 Å². The summed E-state index contributed by atoms with van der Waals surface area (Å²) >= 11 is 0. The fourth-order valence-electron chi connectivity index (χ4n) is 3.75. The van der Waals surface area contributed by atoms with Crippen molar-refractivity contribution in [3.05, 3.63) is 24.2 Å². The quantitative estimate of drug-likeness (QED) is 0.633. The molecule has 2 aliphatic rings. The van der Waals surface area contributed by atoms with Gasteiger partial charge in [0.15, 0.2) is 11.7 Å². The molecule has 1 atom stereocenters. The fourth-order valence-corrected chi connectivity index (χ4v) is 3.75. The van der Waals surface area contributed by atoms with Crippen LogP contribution in [-0.4, -0.2) is 86.0 Å². The molecule has 2 aliphatic heterocycles. The van der Waals surface area contributed by atoms with Gasteiger partial charge in [-0.25, -0.2) is 0 Å². The van der Waals surface area contributed by atoms with Crippen LogP contribution in [0.3, 0.4) is 0 Å². The highest BCUT2D eigenvalue weighted by atomic mass is 16.3. The number of amides is 1. The second kappa shape index (κ2) is 9.07. The van der Waals surface area contributed by atoms with Crippen molar-refractivity contribution < 1.29 is 9.21 Å². The Hall–Kier alpha value is -2.02. The maximum atomic E-state index is 12.3. The minimum absolute atomic E-state index is 0.0307. The normalized spacial score (nSPS) is 20.5. The summed E-state index contributed by atoms with van der Waals surface area (Å²) in [6.07, 6.45) is 4.21. The number of hydrogen-bond acceptors (Lipinski definition) is 4. The molecule has 0 bridgehead atoms. The summed E-state index contributed by atoms with van der Waals surface area (Å²) < 4.78 is 5.22. The first kappa shape index (κ1) is 18.8. The number of likely N-dealkylation sites (tertiary alicyclic amines) is 1. The van der Waals surface area contributed by atoms with Crippen LogP contribution in [0.2, 0.25) is 0 Å². The van der Waals surface area contributed by atoms with Crippen LogP contribution in [0.1, 0.15) is 30.3 Å². The number of nitrogens with one attached hydrogen (secondary N) is 1. The number of hydrogen-bond donors (Lipinski definition) is 1. The molecular weight excluding hydrogens is 330 g/mol. The van der Waals surface area contributed by atoms with Gasteiger partial charge in [0.1, 0.15) is 0 Å². The molecule has 1 aromatic heterocycles. The number of rotatable bonds is 5. The molecule has 0 saturated carbocycles. The molecule has 2 saturated heterocycles. The molecule has 1 unspecified atom stereocenters. The van der Waals surface area contributed by atoms with Crippen LogP contribution in [0.15, 0.2) is 27.8 Å². The number of carbonyl (C=O) groups excluding carboxylic acids is 1. The van der Waals surface area contributed by atoms with Gasteiger partial charge in [0.25, 0.3) is 5.91 Å². The maximum Gasteiger partial charge on any atom is 0.289 e. The summed E-state index contributed by atoms with van der Waals surface area (Å²) in [4.78, 5) is 23.4. The summed E-state index contributed by atoms with van der Waals surface area (Å²) in [7, 11) is 1.83. The number of carbonyl (C=O) groups is 1. The molecule has 7 heteroatoms. The van der Waals surface area contributed by atoms with E-state index in [1.807, 2.05) is 11.9 Å². The molecule has 144 valence electrons. The molecule has 1 amide bonds. The lowest BCUT2D eigenvalue weighted by Crippen LogP contribution is -2.54. The average molecular weight is 361 g/mol. The number of nitrogens with zero attached hydrogens (tertiary/aromatic N) is 4. The Balaban J connectivity index is 1.42. The largest absolute Gasteiger partial charge is 0.459 e. The molecule has 1 N–H and O–H groups in total. The van der Waals surface area contributed by atoms with Gasteiger partial charge in [-0.1, -0.05) is 6.92 Å². The maximum absolute atomic E-state index is 12.3. The van der Waals surface area contributed by atoms with Gasteiger partial charge in [-0.2, -0.15) is 0 Å². The van der Waals surface area contributed by atoms with Gasteiger partial charge < -0.3 is 24.4 Å². The summed E-state index contributed by atoms with van der Waals surface area (Å²) in [6, 6.07) is 3.47. The monoisotopic (exact) mass is 361 g/mol. The topological polar surface area (TPSA) is 64.3 Å². The summed E-state index contributed by atoms with van der Waals surface area (Å²) in [5.74, 6) is 1.91. The van der Waals surface area contributed by atoms with E-state index in [2.05, 4.69) is 27.0 Å². The molecular formula is C19H31N5O2. The van der Waals surface area contributed by atoms with E-state index in [1.165, 1.54) is 25.9 Å². The Morgan fingerprint density at radius 3 is 2.50 bits per heavy atom. The van der Waals surface area contributed by atoms with Gasteiger partial charge in [0.2, 0.25) is 0 Å². The Bertz CT molecular complexity index is 587. The number of furan rings is 1. The molecule has 1 aromatic rings. The zero-order valence-electron chi connectivity index (χ0n) is 16.0. The number of aliphatic imine (C=N–C) groups is 1. The Morgan fingerprint density at radius 1 is 1.19 bits per heavy atom. The number of piperazine rings is 1. The van der Waals surface area contributed by atoms with Gasteiger partial charge >= 0.3 is 0 Å². The minimum Gasteiger partial charge on any atom is -0.459 e. The lowest BCUT2D eigenvalue weighted by atomic mass is 10.1. The van der Waals surface area contributed by atoms with Crippen LogP contribution in [0.5, 0.6) is 0 Å². The highest BCUT2D eigenvalue weighted by Crippen LogP contribution is 2.11. The lowest BCUT2D eigenvalue weighted by Gasteiger charge is -2.36. The van der Waals surface area contributed by atoms with Crippen LogP contribution >= 0.6 is 0 Å². The zero-order chi connectivity index (χ0) is 18.4. The fraction of sp³-hybridized carbons (Fsp3) is 0.684. The smallest absolute Gasteiger partial charge is 0.289 e. The van der Waals surface area contributed by atoms with Gasteiger partial charge in [0.05, 0.1) is 6.26 Å².